The van der Waals surface area contributed by atoms with Crippen molar-refractivity contribution in [2.24, 2.45) is 5.73 Å². The Morgan fingerprint density at radius 2 is 2.09 bits per heavy atom. The highest BCUT2D eigenvalue weighted by atomic mass is 16.5. The molecule has 1 aromatic rings. The van der Waals surface area contributed by atoms with E-state index in [1.54, 1.807) is 19.2 Å². The second kappa shape index (κ2) is 8.64. The number of carbonyl (C=O) groups is 3. The molecule has 0 aliphatic carbocycles. The zero-order chi connectivity index (χ0) is 17.4. The normalized spacial score (nSPS) is 11.8. The van der Waals surface area contributed by atoms with Gasteiger partial charge in [-0.05, 0) is 18.2 Å². The molecule has 1 rings (SSSR count). The predicted molar refractivity (Wildman–Crippen MR) is 84.7 cm³/mol. The van der Waals surface area contributed by atoms with Crippen LogP contribution in [0.4, 0.5) is 10.5 Å². The highest BCUT2D eigenvalue weighted by Crippen LogP contribution is 2.14. The molecular formula is C15H20N4O4. The lowest BCUT2D eigenvalue weighted by molar-refractivity contribution is -0.142. The van der Waals surface area contributed by atoms with E-state index in [0.29, 0.717) is 17.7 Å². The standard InChI is InChI=1S/C15H20N4O4/c1-18(7-4-8-20)15(22)19(2)12-6-5-11(17-10-12)9-13(16)14(21)23-3/h4-8,10,13H,9,16H2,1-3H3/b7-4-. The summed E-state index contributed by atoms with van der Waals surface area (Å²) in [6, 6.07) is 2.27. The summed E-state index contributed by atoms with van der Waals surface area (Å²) in [7, 11) is 4.40. The zero-order valence-corrected chi connectivity index (χ0v) is 13.3. The van der Waals surface area contributed by atoms with Gasteiger partial charge in [0.2, 0.25) is 0 Å². The highest BCUT2D eigenvalue weighted by molar-refractivity contribution is 5.92. The van der Waals surface area contributed by atoms with Crippen LogP contribution in [0.25, 0.3) is 0 Å². The molecule has 8 nitrogen and oxygen atoms in total. The summed E-state index contributed by atoms with van der Waals surface area (Å²) in [5, 5.41) is 0. The number of allylic oxidation sites excluding steroid dienone is 1. The fourth-order valence-corrected chi connectivity index (χ4v) is 1.77. The molecule has 0 bridgehead atoms. The molecule has 8 heteroatoms. The molecule has 2 N–H and O–H groups in total. The summed E-state index contributed by atoms with van der Waals surface area (Å²) >= 11 is 0. The van der Waals surface area contributed by atoms with Crippen molar-refractivity contribution in [2.45, 2.75) is 12.5 Å². The number of anilines is 1. The van der Waals surface area contributed by atoms with Gasteiger partial charge in [0.25, 0.3) is 0 Å². The topological polar surface area (TPSA) is 106 Å². The SMILES string of the molecule is COC(=O)C(N)Cc1ccc(N(C)C(=O)N(C)/C=C\C=O)cn1. The van der Waals surface area contributed by atoms with Crippen LogP contribution in [0.1, 0.15) is 5.69 Å². The molecule has 0 aromatic carbocycles. The lowest BCUT2D eigenvalue weighted by Crippen LogP contribution is -2.36. The monoisotopic (exact) mass is 320 g/mol. The molecule has 2 amide bonds. The maximum absolute atomic E-state index is 12.1. The summed E-state index contributed by atoms with van der Waals surface area (Å²) in [5.74, 6) is -0.508. The first-order valence-corrected chi connectivity index (χ1v) is 6.81. The number of urea groups is 1. The molecule has 124 valence electrons. The van der Waals surface area contributed by atoms with E-state index in [9.17, 15) is 14.4 Å². The van der Waals surface area contributed by atoms with Crippen LogP contribution < -0.4 is 10.6 Å². The van der Waals surface area contributed by atoms with E-state index in [1.807, 2.05) is 0 Å². The average Bonchev–Trinajstić information content (AvgIpc) is 2.58. The number of rotatable bonds is 6. The molecule has 0 radical (unpaired) electrons. The van der Waals surface area contributed by atoms with Crippen molar-refractivity contribution >= 4 is 24.0 Å². The van der Waals surface area contributed by atoms with Crippen LogP contribution in [0.3, 0.4) is 0 Å². The number of hydrogen-bond acceptors (Lipinski definition) is 6. The molecule has 0 aliphatic rings. The summed E-state index contributed by atoms with van der Waals surface area (Å²) in [6.07, 6.45) is 4.93. The van der Waals surface area contributed by atoms with Gasteiger partial charge in [0, 0.05) is 32.4 Å². The van der Waals surface area contributed by atoms with Crippen molar-refractivity contribution < 1.29 is 19.1 Å². The Labute approximate surface area is 134 Å². The average molecular weight is 320 g/mol. The third-order valence-corrected chi connectivity index (χ3v) is 3.11. The van der Waals surface area contributed by atoms with Gasteiger partial charge >= 0.3 is 12.0 Å². The Morgan fingerprint density at radius 3 is 2.61 bits per heavy atom. The lowest BCUT2D eigenvalue weighted by atomic mass is 10.1. The van der Waals surface area contributed by atoms with E-state index in [-0.39, 0.29) is 12.5 Å². The molecule has 0 saturated carbocycles. The molecule has 1 atom stereocenters. The fourth-order valence-electron chi connectivity index (χ4n) is 1.77. The van der Waals surface area contributed by atoms with Gasteiger partial charge in [0.1, 0.15) is 12.3 Å². The second-order valence-corrected chi connectivity index (χ2v) is 4.77. The van der Waals surface area contributed by atoms with Crippen LogP contribution >= 0.6 is 0 Å². The Bertz CT molecular complexity index is 586. The first-order chi connectivity index (χ1) is 10.9. The van der Waals surface area contributed by atoms with E-state index in [2.05, 4.69) is 9.72 Å². The molecule has 1 unspecified atom stereocenters. The van der Waals surface area contributed by atoms with Crippen LogP contribution in [0.15, 0.2) is 30.6 Å². The van der Waals surface area contributed by atoms with Gasteiger partial charge in [-0.2, -0.15) is 0 Å². The van der Waals surface area contributed by atoms with Gasteiger partial charge < -0.3 is 15.4 Å². The van der Waals surface area contributed by atoms with Crippen molar-refractivity contribution in [3.63, 3.8) is 0 Å². The Balaban J connectivity index is 2.75. The van der Waals surface area contributed by atoms with Gasteiger partial charge in [-0.1, -0.05) is 0 Å². The van der Waals surface area contributed by atoms with Gasteiger partial charge in [0.05, 0.1) is 19.0 Å². The smallest absolute Gasteiger partial charge is 0.328 e. The Kier molecular flexibility index (Phi) is 6.88. The number of hydrogen-bond donors (Lipinski definition) is 1. The van der Waals surface area contributed by atoms with Gasteiger partial charge in [0.15, 0.2) is 0 Å². The maximum Gasteiger partial charge on any atom is 0.328 e. The Hall–Kier alpha value is -2.74. The van der Waals surface area contributed by atoms with Crippen LogP contribution in [-0.4, -0.2) is 55.4 Å². The van der Waals surface area contributed by atoms with Gasteiger partial charge in [-0.15, -0.1) is 0 Å². The number of pyridine rings is 1. The lowest BCUT2D eigenvalue weighted by Gasteiger charge is -2.22. The molecule has 0 aliphatic heterocycles. The number of nitrogens with zero attached hydrogens (tertiary/aromatic N) is 3. The first-order valence-electron chi connectivity index (χ1n) is 6.81. The molecular weight excluding hydrogens is 300 g/mol. The zero-order valence-electron chi connectivity index (χ0n) is 13.3. The third-order valence-electron chi connectivity index (χ3n) is 3.11. The number of ether oxygens (including phenoxy) is 1. The van der Waals surface area contributed by atoms with E-state index in [4.69, 9.17) is 5.73 Å². The first kappa shape index (κ1) is 18.3. The maximum atomic E-state index is 12.1. The molecule has 0 fully saturated rings. The molecule has 0 spiro atoms. The van der Waals surface area contributed by atoms with Crippen molar-refractivity contribution in [3.05, 3.63) is 36.3 Å². The summed E-state index contributed by atoms with van der Waals surface area (Å²) < 4.78 is 4.55. The van der Waals surface area contributed by atoms with Crippen molar-refractivity contribution in [2.75, 3.05) is 26.1 Å². The predicted octanol–water partition coefficient (Wildman–Crippen LogP) is 0.325. The minimum absolute atomic E-state index is 0.243. The van der Waals surface area contributed by atoms with Crippen LogP contribution in [-0.2, 0) is 20.7 Å². The van der Waals surface area contributed by atoms with E-state index in [1.165, 1.54) is 42.4 Å². The number of aromatic nitrogens is 1. The fraction of sp³-hybridized carbons (Fsp3) is 0.333. The largest absolute Gasteiger partial charge is 0.468 e. The summed E-state index contributed by atoms with van der Waals surface area (Å²) in [5.41, 5.74) is 6.85. The summed E-state index contributed by atoms with van der Waals surface area (Å²) in [4.78, 5) is 40.5. The van der Waals surface area contributed by atoms with Crippen LogP contribution in [0.2, 0.25) is 0 Å². The van der Waals surface area contributed by atoms with Crippen molar-refractivity contribution in [3.8, 4) is 0 Å². The quantitative estimate of drug-likeness (QED) is 0.460. The number of nitrogens with two attached hydrogens (primary N) is 1. The number of amides is 2. The molecule has 1 aromatic heterocycles. The minimum atomic E-state index is -0.780. The van der Waals surface area contributed by atoms with Crippen LogP contribution in [0, 0.1) is 0 Å². The number of aldehydes is 1. The van der Waals surface area contributed by atoms with E-state index in [0.717, 1.165) is 0 Å². The van der Waals surface area contributed by atoms with E-state index < -0.39 is 12.0 Å². The van der Waals surface area contributed by atoms with Crippen molar-refractivity contribution in [1.82, 2.24) is 9.88 Å². The molecule has 1 heterocycles. The number of esters is 1. The summed E-state index contributed by atoms with van der Waals surface area (Å²) in [6.45, 7) is 0. The Morgan fingerprint density at radius 1 is 1.39 bits per heavy atom. The van der Waals surface area contributed by atoms with Crippen molar-refractivity contribution in [1.29, 1.82) is 0 Å². The van der Waals surface area contributed by atoms with Crippen LogP contribution in [0.5, 0.6) is 0 Å². The minimum Gasteiger partial charge on any atom is -0.468 e. The highest BCUT2D eigenvalue weighted by Gasteiger charge is 2.17. The van der Waals surface area contributed by atoms with Gasteiger partial charge in [-0.3, -0.25) is 19.5 Å². The molecule has 0 saturated heterocycles. The third kappa shape index (κ3) is 5.19. The number of carbonyl (C=O) groups excluding carboxylic acids is 3. The molecule has 23 heavy (non-hydrogen) atoms. The van der Waals surface area contributed by atoms with Gasteiger partial charge in [-0.25, -0.2) is 4.79 Å². The van der Waals surface area contributed by atoms with E-state index >= 15 is 0 Å². The second-order valence-electron chi connectivity index (χ2n) is 4.77. The number of methoxy groups -OCH3 is 1.